The van der Waals surface area contributed by atoms with Gasteiger partial charge in [-0.3, -0.25) is 0 Å². The molecule has 45 atom stereocenters. The maximum atomic E-state index is 13.5. The molecule has 9 saturated heterocycles. The third-order valence-electron chi connectivity index (χ3n) is 24.2. The van der Waals surface area contributed by atoms with Crippen molar-refractivity contribution >= 4 is 180 Å². The molecule has 0 aliphatic carbocycles. The highest BCUT2D eigenvalue weighted by atomic mass is 32.1. The Kier molecular flexibility index (Phi) is 41.7. The topological polar surface area (TPSA) is 392 Å². The molecule has 9 rings (SSSR count). The normalized spacial score (nSPS) is 48.1. The molecule has 0 aromatic rings. The fraction of sp³-hybridized carbons (Fsp3) is 0.970. The van der Waals surface area contributed by atoms with Crippen molar-refractivity contribution < 1.29 is 165 Å². The maximum Gasteiger partial charge on any atom is 0.335 e. The summed E-state index contributed by atoms with van der Waals surface area (Å²) in [6, 6.07) is 0. The van der Waals surface area contributed by atoms with Gasteiger partial charge in [0, 0.05) is 47.3 Å². The van der Waals surface area contributed by atoms with Gasteiger partial charge in [-0.25, -0.2) is 9.59 Å². The number of carboxylic acid groups (broad SMARTS) is 2. The molecule has 115 heavy (non-hydrogen) atoms. The van der Waals surface area contributed by atoms with Crippen molar-refractivity contribution in [1.82, 2.24) is 0 Å². The van der Waals surface area contributed by atoms with Gasteiger partial charge in [-0.05, 0) is 193 Å². The summed E-state index contributed by atoms with van der Waals surface area (Å²) in [6.07, 6.45) is -35.4. The van der Waals surface area contributed by atoms with Crippen molar-refractivity contribution in [2.75, 3.05) is 46.2 Å². The molecule has 4 N–H and O–H groups in total. The molecule has 0 radical (unpaired) electrons. The average molecular weight is 1900 g/mol. The second kappa shape index (κ2) is 47.5. The van der Waals surface area contributed by atoms with E-state index in [4.69, 9.17) is 135 Å². The number of aliphatic hydroxyl groups is 2. The summed E-state index contributed by atoms with van der Waals surface area (Å²) < 4.78 is 183. The Morgan fingerprint density at radius 3 is 0.852 bits per heavy atom. The number of carbonyl (C=O) groups is 2. The van der Waals surface area contributed by atoms with E-state index in [1.54, 1.807) is 48.5 Å². The van der Waals surface area contributed by atoms with Crippen LogP contribution in [0.3, 0.4) is 0 Å². The number of hydrogen-bond acceptors (Lipinski definition) is 47. The third-order valence-corrected chi connectivity index (χ3v) is 26.8. The summed E-state index contributed by atoms with van der Waals surface area (Å²) in [5.74, 6) is -9.34. The molecule has 0 amide bonds. The number of carboxylic acids is 2. The van der Waals surface area contributed by atoms with E-state index in [2.05, 4.69) is 168 Å². The fourth-order valence-corrected chi connectivity index (χ4v) is 19.8. The molecule has 0 saturated carbocycles. The number of aliphatic carboxylic acids is 2. The number of aliphatic hydroxyl groups excluding tert-OH is 2. The highest BCUT2D eigenvalue weighted by molar-refractivity contribution is 7.76. The van der Waals surface area contributed by atoms with Gasteiger partial charge in [0.15, 0.2) is 62.5 Å². The van der Waals surface area contributed by atoms with Gasteiger partial charge in [0.25, 0.3) is 0 Å². The molecule has 670 valence electrons. The molecule has 0 spiro atoms. The lowest BCUT2D eigenvalue weighted by Gasteiger charge is -2.52. The monoisotopic (exact) mass is 1900 g/mol. The van der Waals surface area contributed by atoms with Gasteiger partial charge in [-0.15, -0.1) is 0 Å². The van der Waals surface area contributed by atoms with E-state index < -0.39 is 293 Å². The zero-order valence-electron chi connectivity index (χ0n) is 64.6. The lowest BCUT2D eigenvalue weighted by molar-refractivity contribution is -0.378. The van der Waals surface area contributed by atoms with Crippen LogP contribution in [0.5, 0.6) is 0 Å². The molecule has 9 fully saturated rings. The van der Waals surface area contributed by atoms with Gasteiger partial charge in [-0.1, -0.05) is 76.2 Å². The first-order chi connectivity index (χ1) is 55.0. The smallest absolute Gasteiger partial charge is 0.335 e. The van der Waals surface area contributed by atoms with Crippen LogP contribution in [0.4, 0.5) is 0 Å². The van der Waals surface area contributed by atoms with Crippen LogP contribution >= 0.6 is 168 Å². The number of hydrogen-bond donors (Lipinski definition) is 17. The van der Waals surface area contributed by atoms with Crippen LogP contribution in [0.1, 0.15) is 83.1 Å². The van der Waals surface area contributed by atoms with Crippen LogP contribution in [0.2, 0.25) is 0 Å². The largest absolute Gasteiger partial charge is 0.479 e. The zero-order chi connectivity index (χ0) is 84.3. The zero-order valence-corrected chi connectivity index (χ0v) is 76.2. The molecule has 49 heteroatoms. The van der Waals surface area contributed by atoms with E-state index >= 15 is 0 Å². The highest BCUT2D eigenvalue weighted by Gasteiger charge is 2.61. The van der Waals surface area contributed by atoms with E-state index in [1.807, 2.05) is 34.6 Å². The summed E-state index contributed by atoms with van der Waals surface area (Å²) in [4.78, 5) is 26.6. The summed E-state index contributed by atoms with van der Waals surface area (Å²) in [6.45, 7) is 20.3. The average Bonchev–Trinajstić information content (AvgIpc) is 0.766. The SMILES string of the molecule is CC1C(OS)[C@H](O[C@@H]2OC(C(=O)O)[C@H](O[C@@H]3OC(COS)[C@H](O[C@H]4OC(COS)[C@@H](O[C@H]5OC(COS)[C@@H](O[C@@H]6OC(COS)[C@H](O[C@@H]7OC(COS)[C@H](OS)[C@H](C)C7O)[C@H](C)C6OS)C(C)C5OS)C(C)C4OS)[C@H](C)C3C)[C@H](C)C2C)C(CO)O[C@@H]1O[C@H]1C(C)C(C)[C@@H](O[C@H]2C(COS)O[C@@H](C)C(OS)[C@H]2OS)O[C@H]1C(=O)O. The lowest BCUT2D eigenvalue weighted by Crippen LogP contribution is -2.64. The van der Waals surface area contributed by atoms with Crippen LogP contribution in [-0.2, 0) is 144 Å². The molecular weight excluding hydrogens is 1790 g/mol. The Bertz CT molecular complexity index is 2910. The van der Waals surface area contributed by atoms with Gasteiger partial charge in [-0.2, -0.15) is 0 Å². The number of rotatable bonds is 38. The Morgan fingerprint density at radius 2 is 0.513 bits per heavy atom. The minimum absolute atomic E-state index is 0.0118. The van der Waals surface area contributed by atoms with Gasteiger partial charge < -0.3 is 155 Å². The van der Waals surface area contributed by atoms with E-state index in [0.29, 0.717) is 0 Å². The van der Waals surface area contributed by atoms with Crippen molar-refractivity contribution in [3.05, 3.63) is 0 Å². The first-order valence-electron chi connectivity index (χ1n) is 37.6. The van der Waals surface area contributed by atoms with Crippen molar-refractivity contribution in [1.29, 1.82) is 0 Å². The molecule has 0 bridgehead atoms. The predicted octanol–water partition coefficient (Wildman–Crippen LogP) is 5.95. The summed E-state index contributed by atoms with van der Waals surface area (Å²) in [5.41, 5.74) is 0. The van der Waals surface area contributed by atoms with Gasteiger partial charge in [0.1, 0.15) is 116 Å². The van der Waals surface area contributed by atoms with Gasteiger partial charge in [0.05, 0.1) is 76.8 Å². The van der Waals surface area contributed by atoms with Crippen LogP contribution in [-0.4, -0.2) is 288 Å². The standard InChI is InChI=1S/C66H112O36S13/c1-20-23(4)59(90-45-21(2)24(5)60(94-55(45)57(69)70)92-52-32(13-67)80-62(30(11)47(52)97-110)91-46-22(3)25(6)61(95-56(46)58(71)72)93-53-38(19-78-108)79-31(12)51(101-114)54(53)102-115)81-33(14-73-103)40(20)87-64-49(99-112)28(9)42(35(84-64)16-75-105)89-66-50(100-113)29(10)43(36(85-66)17-76-106)88-65-48(98-111)27(8)41(34(83-65)15-74-104)86-63-39(68)26(7)44(96-109)37(82-63)18-77-107/h20-56,59-68,103-115H,13-19H2,1-12H3,(H,69,70)(H,71,72)/t20-,21-,22?,23?,24?,25?,26-,27+,28?,29?,30?,31+,32?,33?,34?,35?,36?,37?,38?,39?,40-,41-,42+,43+,44-,45-,46+,47?,48?,49?,50?,51?,52-,53+,54-,55?,56-,59+,60-,61+,62-,63+,64-,65+,66-/m1/s1. The van der Waals surface area contributed by atoms with Crippen LogP contribution in [0.25, 0.3) is 0 Å². The Balaban J connectivity index is 0.835. The lowest BCUT2D eigenvalue weighted by atomic mass is 9.82. The summed E-state index contributed by atoms with van der Waals surface area (Å²) in [5, 5.41) is 44.1. The van der Waals surface area contributed by atoms with Crippen LogP contribution < -0.4 is 0 Å². The van der Waals surface area contributed by atoms with E-state index in [0.717, 1.165) is 0 Å². The van der Waals surface area contributed by atoms with Crippen molar-refractivity contribution in [3.8, 4) is 0 Å². The summed E-state index contributed by atoms with van der Waals surface area (Å²) >= 11 is 53.6. The first kappa shape index (κ1) is 101. The van der Waals surface area contributed by atoms with Gasteiger partial charge in [0.2, 0.25) is 0 Å². The Hall–Kier alpha value is 2.21. The fourth-order valence-electron chi connectivity index (χ4n) is 16.8. The third kappa shape index (κ3) is 23.1. The quantitative estimate of drug-likeness (QED) is 0.0251. The number of ether oxygens (including phenoxy) is 17. The second-order valence-electron chi connectivity index (χ2n) is 30.9. The van der Waals surface area contributed by atoms with Crippen molar-refractivity contribution in [2.45, 2.75) is 292 Å². The van der Waals surface area contributed by atoms with E-state index in [1.165, 1.54) is 0 Å². The molecular formula is C66H112O36S13. The van der Waals surface area contributed by atoms with Crippen LogP contribution in [0, 0.1) is 65.1 Å². The molecule has 9 heterocycles. The second-order valence-corrected chi connectivity index (χ2v) is 33.9. The molecule has 9 aliphatic heterocycles. The maximum absolute atomic E-state index is 13.5. The van der Waals surface area contributed by atoms with Gasteiger partial charge >= 0.3 is 11.9 Å². The first-order valence-corrected chi connectivity index (χ1v) is 42.3. The molecule has 21 unspecified atom stereocenters. The number of thiol groups is 13. The van der Waals surface area contributed by atoms with E-state index in [-0.39, 0.29) is 39.6 Å². The van der Waals surface area contributed by atoms with Crippen molar-refractivity contribution in [3.63, 3.8) is 0 Å². The predicted molar refractivity (Wildman–Crippen MR) is 438 cm³/mol. The molecule has 36 nitrogen and oxygen atoms in total. The summed E-state index contributed by atoms with van der Waals surface area (Å²) in [7, 11) is 0. The van der Waals surface area contributed by atoms with E-state index in [9.17, 15) is 30.0 Å². The Labute approximate surface area is 742 Å². The highest BCUT2D eigenvalue weighted by Crippen LogP contribution is 2.48. The van der Waals surface area contributed by atoms with Crippen molar-refractivity contribution in [2.24, 2.45) is 65.1 Å². The minimum atomic E-state index is -1.66. The Morgan fingerprint density at radius 1 is 0.252 bits per heavy atom. The molecule has 0 aromatic heterocycles. The molecule has 9 aliphatic rings. The van der Waals surface area contributed by atoms with Crippen LogP contribution in [0.15, 0.2) is 0 Å². The molecule has 0 aromatic carbocycles. The minimum Gasteiger partial charge on any atom is -0.479 e.